The third-order valence-corrected chi connectivity index (χ3v) is 15.6. The van der Waals surface area contributed by atoms with E-state index in [0.717, 1.165) is 22.7 Å². The molecule has 0 radical (unpaired) electrons. The molecule has 330 valence electrons. The molecule has 3 aliphatic rings. The van der Waals surface area contributed by atoms with Gasteiger partial charge in [-0.05, 0) is 155 Å². The van der Waals surface area contributed by atoms with Crippen molar-refractivity contribution < 1.29 is 0 Å². The number of fused-ring (bicyclic) bond motifs is 13. The van der Waals surface area contributed by atoms with E-state index in [4.69, 9.17) is 0 Å². The molecule has 2 aliphatic carbocycles. The van der Waals surface area contributed by atoms with E-state index in [1.165, 1.54) is 100 Å². The number of para-hydroxylation sites is 3. The Balaban J connectivity index is 0.906. The van der Waals surface area contributed by atoms with Crippen LogP contribution in [-0.4, -0.2) is 0 Å². The topological polar surface area (TPSA) is 6.48 Å². The first-order valence-corrected chi connectivity index (χ1v) is 24.5. The molecule has 2 nitrogen and oxygen atoms in total. The lowest BCUT2D eigenvalue weighted by Gasteiger charge is -2.45. The fourth-order valence-corrected chi connectivity index (χ4v) is 12.5. The minimum Gasteiger partial charge on any atom is -0.310 e. The molecule has 70 heavy (non-hydrogen) atoms. The van der Waals surface area contributed by atoms with E-state index in [0.29, 0.717) is 0 Å². The van der Waals surface area contributed by atoms with Gasteiger partial charge in [-0.25, -0.2) is 0 Å². The van der Waals surface area contributed by atoms with Crippen molar-refractivity contribution >= 4 is 44.9 Å². The van der Waals surface area contributed by atoms with Crippen LogP contribution in [0.4, 0.5) is 34.1 Å². The minimum absolute atomic E-state index is 0.116. The number of benzene rings is 11. The summed E-state index contributed by atoms with van der Waals surface area (Å²) in [5.41, 5.74) is 24.4. The number of hydrogen-bond acceptors (Lipinski definition) is 2. The molecule has 1 spiro atoms. The van der Waals surface area contributed by atoms with Gasteiger partial charge in [0.2, 0.25) is 0 Å². The molecule has 0 saturated heterocycles. The lowest BCUT2D eigenvalue weighted by atomic mass is 9.64. The Bertz CT molecular complexity index is 3820. The van der Waals surface area contributed by atoms with Gasteiger partial charge in [-0.3, -0.25) is 0 Å². The second-order valence-corrected chi connectivity index (χ2v) is 19.6. The van der Waals surface area contributed by atoms with Crippen molar-refractivity contribution in [2.24, 2.45) is 0 Å². The number of hydrogen-bond donors (Lipinski definition) is 0. The van der Waals surface area contributed by atoms with Crippen LogP contribution in [0.2, 0.25) is 0 Å². The fraction of sp³-hybridized carbons (Fsp3) is 0.0588. The van der Waals surface area contributed by atoms with Crippen molar-refractivity contribution in [1.29, 1.82) is 0 Å². The third-order valence-electron chi connectivity index (χ3n) is 15.6. The third kappa shape index (κ3) is 5.80. The average Bonchev–Trinajstić information content (AvgIpc) is 3.84. The first-order chi connectivity index (χ1) is 34.5. The molecule has 0 unspecified atom stereocenters. The summed E-state index contributed by atoms with van der Waals surface area (Å²) in [5, 5.41) is 2.40. The molecule has 0 bridgehead atoms. The van der Waals surface area contributed by atoms with Gasteiger partial charge in [0.1, 0.15) is 0 Å². The van der Waals surface area contributed by atoms with Crippen LogP contribution in [0.15, 0.2) is 255 Å². The van der Waals surface area contributed by atoms with Gasteiger partial charge in [-0.2, -0.15) is 0 Å². The van der Waals surface area contributed by atoms with Crippen molar-refractivity contribution in [2.75, 3.05) is 9.80 Å². The fourth-order valence-electron chi connectivity index (χ4n) is 12.5. The quantitative estimate of drug-likeness (QED) is 0.164. The second-order valence-electron chi connectivity index (χ2n) is 19.6. The Morgan fingerprint density at radius 1 is 0.314 bits per heavy atom. The van der Waals surface area contributed by atoms with Crippen LogP contribution < -0.4 is 9.80 Å². The standard InChI is InChI=1S/C68H48N2/c1-67(2)58-25-11-9-22-55(58)56-41-40-53(44-63(56)67)69(51-37-34-46(35-38-51)45-18-5-3-6-19-45)52-39-36-47-42-49(33-32-48(47)43-52)54-24-17-29-62-66(54)57-23-10-12-26-59(57)68(62)60-27-13-15-30-64(60)70(50-20-7-4-8-21-50)65-31-16-14-28-61(65)68/h3-44H,1-2H3. The van der Waals surface area contributed by atoms with Crippen LogP contribution >= 0.6 is 0 Å². The maximum absolute atomic E-state index is 2.45. The predicted molar refractivity (Wildman–Crippen MR) is 293 cm³/mol. The Morgan fingerprint density at radius 2 is 0.814 bits per heavy atom. The molecular weight excluding hydrogens is 845 g/mol. The van der Waals surface area contributed by atoms with Crippen molar-refractivity contribution in [2.45, 2.75) is 24.7 Å². The van der Waals surface area contributed by atoms with Crippen LogP contribution in [0.25, 0.3) is 55.3 Å². The first kappa shape index (κ1) is 40.4. The van der Waals surface area contributed by atoms with E-state index in [1.807, 2.05) is 0 Å². The highest BCUT2D eigenvalue weighted by atomic mass is 15.2. The summed E-state index contributed by atoms with van der Waals surface area (Å²) in [6.45, 7) is 4.72. The van der Waals surface area contributed by atoms with Gasteiger partial charge in [-0.1, -0.05) is 202 Å². The van der Waals surface area contributed by atoms with Crippen LogP contribution in [0.1, 0.15) is 47.2 Å². The van der Waals surface area contributed by atoms with E-state index in [-0.39, 0.29) is 5.41 Å². The molecule has 11 aromatic rings. The minimum atomic E-state index is -0.509. The molecular formula is C68H48N2. The van der Waals surface area contributed by atoms with E-state index in [1.54, 1.807) is 0 Å². The lowest BCUT2D eigenvalue weighted by molar-refractivity contribution is 0.660. The lowest BCUT2D eigenvalue weighted by Crippen LogP contribution is -2.36. The molecule has 0 N–H and O–H groups in total. The monoisotopic (exact) mass is 892 g/mol. The summed E-state index contributed by atoms with van der Waals surface area (Å²) in [6, 6.07) is 94.7. The van der Waals surface area contributed by atoms with Gasteiger partial charge in [-0.15, -0.1) is 0 Å². The van der Waals surface area contributed by atoms with Crippen molar-refractivity contribution in [1.82, 2.24) is 0 Å². The maximum atomic E-state index is 2.45. The normalized spacial score (nSPS) is 14.1. The summed E-state index contributed by atoms with van der Waals surface area (Å²) in [4.78, 5) is 4.88. The van der Waals surface area contributed by atoms with E-state index in [9.17, 15) is 0 Å². The average molecular weight is 893 g/mol. The Morgan fingerprint density at radius 3 is 1.56 bits per heavy atom. The molecule has 0 saturated carbocycles. The molecule has 11 aromatic carbocycles. The summed E-state index contributed by atoms with van der Waals surface area (Å²) >= 11 is 0. The van der Waals surface area contributed by atoms with Crippen LogP contribution in [0.3, 0.4) is 0 Å². The van der Waals surface area contributed by atoms with Crippen LogP contribution in [0.5, 0.6) is 0 Å². The molecule has 2 heteroatoms. The molecule has 0 fully saturated rings. The van der Waals surface area contributed by atoms with Gasteiger partial charge in [0.15, 0.2) is 0 Å². The first-order valence-electron chi connectivity index (χ1n) is 24.5. The summed E-state index contributed by atoms with van der Waals surface area (Å²) < 4.78 is 0. The Kier molecular flexibility index (Phi) is 8.88. The highest BCUT2D eigenvalue weighted by Gasteiger charge is 2.52. The second kappa shape index (κ2) is 15.4. The molecule has 0 atom stereocenters. The van der Waals surface area contributed by atoms with Crippen LogP contribution in [0, 0.1) is 0 Å². The largest absolute Gasteiger partial charge is 0.310 e. The summed E-state index contributed by atoms with van der Waals surface area (Å²) in [7, 11) is 0. The summed E-state index contributed by atoms with van der Waals surface area (Å²) in [5.74, 6) is 0. The molecule has 14 rings (SSSR count). The molecule has 0 aromatic heterocycles. The van der Waals surface area contributed by atoms with Crippen molar-refractivity contribution in [3.8, 4) is 44.5 Å². The van der Waals surface area contributed by atoms with Gasteiger partial charge < -0.3 is 9.80 Å². The number of nitrogens with zero attached hydrogens (tertiary/aromatic N) is 2. The number of rotatable bonds is 6. The Labute approximate surface area is 410 Å². The smallest absolute Gasteiger partial charge is 0.0754 e. The molecule has 1 aliphatic heterocycles. The zero-order valence-corrected chi connectivity index (χ0v) is 39.1. The summed E-state index contributed by atoms with van der Waals surface area (Å²) in [6.07, 6.45) is 0. The zero-order valence-electron chi connectivity index (χ0n) is 39.1. The van der Waals surface area contributed by atoms with E-state index in [2.05, 4.69) is 278 Å². The number of anilines is 6. The van der Waals surface area contributed by atoms with Gasteiger partial charge in [0.05, 0.1) is 16.8 Å². The Hall–Kier alpha value is -8.72. The van der Waals surface area contributed by atoms with Crippen LogP contribution in [-0.2, 0) is 10.8 Å². The van der Waals surface area contributed by atoms with E-state index >= 15 is 0 Å². The van der Waals surface area contributed by atoms with Gasteiger partial charge in [0, 0.05) is 28.2 Å². The van der Waals surface area contributed by atoms with Gasteiger partial charge in [0.25, 0.3) is 0 Å². The highest BCUT2D eigenvalue weighted by molar-refractivity contribution is 6.02. The van der Waals surface area contributed by atoms with Crippen molar-refractivity contribution in [3.63, 3.8) is 0 Å². The van der Waals surface area contributed by atoms with Crippen molar-refractivity contribution in [3.05, 3.63) is 288 Å². The maximum Gasteiger partial charge on any atom is 0.0754 e. The molecule has 0 amide bonds. The highest BCUT2D eigenvalue weighted by Crippen LogP contribution is 2.64. The van der Waals surface area contributed by atoms with Gasteiger partial charge >= 0.3 is 0 Å². The SMILES string of the molecule is CC1(C)c2ccccc2-c2ccc(N(c3ccc(-c4ccccc4)cc3)c3ccc4cc(-c5cccc6c5-c5ccccc5C65c6ccccc6N(c6ccccc6)c6ccccc65)ccc4c3)cc21. The van der Waals surface area contributed by atoms with E-state index < -0.39 is 5.41 Å². The zero-order chi connectivity index (χ0) is 46.6. The molecule has 1 heterocycles. The predicted octanol–water partition coefficient (Wildman–Crippen LogP) is 18.1.